The van der Waals surface area contributed by atoms with Gasteiger partial charge < -0.3 is 27.2 Å². The maximum Gasteiger partial charge on any atom is 1.00 e. The average Bonchev–Trinajstić information content (AvgIpc) is 3.56. The Hall–Kier alpha value is -0.230. The molecule has 7 nitrogen and oxygen atoms in total. The molecule has 2 aliphatic rings. The first-order valence-corrected chi connectivity index (χ1v) is 15.2. The van der Waals surface area contributed by atoms with E-state index in [4.69, 9.17) is 49.4 Å². The number of halogens is 3. The van der Waals surface area contributed by atoms with Gasteiger partial charge in [0.25, 0.3) is 0 Å². The van der Waals surface area contributed by atoms with Crippen molar-refractivity contribution in [1.29, 1.82) is 0 Å². The van der Waals surface area contributed by atoms with Gasteiger partial charge >= 0.3 is 29.6 Å². The third kappa shape index (κ3) is 14.5. The molecule has 2 aromatic heterocycles. The van der Waals surface area contributed by atoms with Crippen LogP contribution < -0.4 is 29.6 Å². The van der Waals surface area contributed by atoms with E-state index in [-0.39, 0.29) is 41.8 Å². The second-order valence-corrected chi connectivity index (χ2v) is 10.9. The molecule has 4 rings (SSSR count). The fraction of sp³-hybridized carbons (Fsp3) is 0.538. The van der Waals surface area contributed by atoms with Gasteiger partial charge in [-0.05, 0) is 52.0 Å². The summed E-state index contributed by atoms with van der Waals surface area (Å²) in [6, 6.07) is 3.57. The number of nitrogens with zero attached hydrogens (tertiary/aromatic N) is 4. The van der Waals surface area contributed by atoms with Gasteiger partial charge in [0, 0.05) is 12.4 Å². The molecular weight excluding hydrogens is 610 g/mol. The van der Waals surface area contributed by atoms with Crippen molar-refractivity contribution < 1.29 is 44.1 Å². The Morgan fingerprint density at radius 2 is 1.31 bits per heavy atom. The van der Waals surface area contributed by atoms with E-state index in [2.05, 4.69) is 46.4 Å². The average molecular weight is 646 g/mol. The molecule has 2 atom stereocenters. The van der Waals surface area contributed by atoms with Crippen molar-refractivity contribution in [2.45, 2.75) is 70.3 Å². The summed E-state index contributed by atoms with van der Waals surface area (Å²) in [6.07, 6.45) is 9.20. The molecule has 2 aromatic rings. The molecular formula is C26H36Cl3N4NaO3S2. The van der Waals surface area contributed by atoms with Gasteiger partial charge in [0.1, 0.15) is 22.4 Å². The fourth-order valence-electron chi connectivity index (χ4n) is 2.81. The number of rotatable bonds is 5. The molecule has 0 aliphatic carbocycles. The Morgan fingerprint density at radius 1 is 0.897 bits per heavy atom. The van der Waals surface area contributed by atoms with E-state index in [9.17, 15) is 0 Å². The standard InChI is InChI=1S/C11H13ClN2OS.C10H10Cl2N2O.C4H10O.CH4S.Na/c1-3-8-6-13-10(15-8)7-4-9(12)11(16-2)14-5-7;1-2-7-5-14-10(15-7)6-3-8(11)9(12)13-4-6;1-4(2,3)5;1-2;/h4-5,8H,3,6H2,1-2H3;3-4,7H,2,5H2,1H3;5H,1-3H3;2H,1H3;/q;;;;+1/p-1. The van der Waals surface area contributed by atoms with Gasteiger partial charge in [-0.25, -0.2) is 20.0 Å². The summed E-state index contributed by atoms with van der Waals surface area (Å²) < 4.78 is 11.3. The van der Waals surface area contributed by atoms with Crippen LogP contribution in [0.4, 0.5) is 0 Å². The van der Waals surface area contributed by atoms with E-state index in [0.29, 0.717) is 33.5 Å². The number of aliphatic hydroxyl groups is 1. The van der Waals surface area contributed by atoms with Gasteiger partial charge in [-0.1, -0.05) is 48.7 Å². The summed E-state index contributed by atoms with van der Waals surface area (Å²) in [5.74, 6) is 1.27. The SMILES string of the molecule is CC(C)(C)O.CCC1CN=C(c2cnc(Cl)c(Cl)c2)O1.CCC1CN=C(c2cnc(SC)c(Cl)c2)O1.C[S-].[Na+]. The predicted molar refractivity (Wildman–Crippen MR) is 164 cm³/mol. The Balaban J connectivity index is 0.000000589. The van der Waals surface area contributed by atoms with Crippen LogP contribution in [0.5, 0.6) is 0 Å². The smallest absolute Gasteiger partial charge is 0.796 e. The number of pyridine rings is 2. The van der Waals surface area contributed by atoms with Crippen molar-refractivity contribution in [2.75, 3.05) is 25.6 Å². The van der Waals surface area contributed by atoms with Gasteiger partial charge in [-0.3, -0.25) is 0 Å². The molecule has 0 amide bonds. The summed E-state index contributed by atoms with van der Waals surface area (Å²) in [5.41, 5.74) is 1.14. The molecule has 0 aromatic carbocycles. The van der Waals surface area contributed by atoms with E-state index in [1.165, 1.54) is 11.8 Å². The zero-order chi connectivity index (χ0) is 28.9. The van der Waals surface area contributed by atoms with Gasteiger partial charge in [0.05, 0.1) is 39.9 Å². The van der Waals surface area contributed by atoms with Crippen molar-refractivity contribution in [1.82, 2.24) is 9.97 Å². The number of hydrogen-bond donors (Lipinski definition) is 1. The Morgan fingerprint density at radius 3 is 1.64 bits per heavy atom. The third-order valence-corrected chi connectivity index (χ3v) is 6.43. The van der Waals surface area contributed by atoms with Crippen LogP contribution >= 0.6 is 46.6 Å². The Bertz CT molecular complexity index is 1080. The zero-order valence-electron chi connectivity index (χ0n) is 23.8. The monoisotopic (exact) mass is 644 g/mol. The predicted octanol–water partition coefficient (Wildman–Crippen LogP) is 3.90. The molecule has 212 valence electrons. The summed E-state index contributed by atoms with van der Waals surface area (Å²) >= 11 is 23.3. The van der Waals surface area contributed by atoms with Crippen molar-refractivity contribution >= 4 is 71.0 Å². The van der Waals surface area contributed by atoms with Gasteiger partial charge in [-0.15, -0.1) is 11.8 Å². The molecule has 39 heavy (non-hydrogen) atoms. The number of aromatic nitrogens is 2. The summed E-state index contributed by atoms with van der Waals surface area (Å²) in [6.45, 7) is 10.8. The molecule has 0 saturated heterocycles. The Kier molecular flexibility index (Phi) is 19.7. The number of aliphatic imine (C=N–C) groups is 2. The van der Waals surface area contributed by atoms with Gasteiger partial charge in [0.15, 0.2) is 0 Å². The van der Waals surface area contributed by atoms with Crippen molar-refractivity contribution in [3.05, 3.63) is 50.9 Å². The Labute approximate surface area is 279 Å². The molecule has 1 N–H and O–H groups in total. The van der Waals surface area contributed by atoms with Crippen LogP contribution in [0.1, 0.15) is 58.6 Å². The first-order chi connectivity index (χ1) is 17.9. The third-order valence-electron chi connectivity index (χ3n) is 4.64. The second-order valence-electron chi connectivity index (χ2n) is 8.97. The molecule has 0 radical (unpaired) electrons. The maximum absolute atomic E-state index is 8.52. The van der Waals surface area contributed by atoms with E-state index in [1.54, 1.807) is 45.5 Å². The fourth-order valence-corrected chi connectivity index (χ4v) is 3.89. The first kappa shape index (κ1) is 38.8. The van der Waals surface area contributed by atoms with Gasteiger partial charge in [0.2, 0.25) is 11.8 Å². The van der Waals surface area contributed by atoms with Gasteiger partial charge in [-0.2, -0.15) is 6.26 Å². The molecule has 0 bridgehead atoms. The molecule has 0 fully saturated rings. The van der Waals surface area contributed by atoms with Crippen molar-refractivity contribution in [3.8, 4) is 0 Å². The largest absolute Gasteiger partial charge is 1.00 e. The van der Waals surface area contributed by atoms with Crippen LogP contribution in [-0.2, 0) is 22.1 Å². The molecule has 2 aliphatic heterocycles. The zero-order valence-corrected chi connectivity index (χ0v) is 29.7. The van der Waals surface area contributed by atoms with Crippen molar-refractivity contribution in [3.63, 3.8) is 0 Å². The quantitative estimate of drug-likeness (QED) is 0.228. The number of ether oxygens (including phenoxy) is 2. The van der Waals surface area contributed by atoms with E-state index in [1.807, 2.05) is 12.3 Å². The molecule has 2 unspecified atom stereocenters. The van der Waals surface area contributed by atoms with Crippen LogP contribution in [0.2, 0.25) is 15.2 Å². The normalized spacial score (nSPS) is 17.3. The van der Waals surface area contributed by atoms with E-state index < -0.39 is 5.60 Å². The molecule has 13 heteroatoms. The second kappa shape index (κ2) is 19.8. The molecule has 0 saturated carbocycles. The minimum atomic E-state index is -0.500. The minimum Gasteiger partial charge on any atom is -0.796 e. The van der Waals surface area contributed by atoms with Crippen LogP contribution in [0.3, 0.4) is 0 Å². The van der Waals surface area contributed by atoms with E-state index in [0.717, 1.165) is 35.5 Å². The number of thioether (sulfide) groups is 1. The van der Waals surface area contributed by atoms with Crippen LogP contribution in [0.25, 0.3) is 0 Å². The first-order valence-electron chi connectivity index (χ1n) is 12.0. The maximum atomic E-state index is 8.52. The molecule has 0 spiro atoms. The van der Waals surface area contributed by atoms with Crippen molar-refractivity contribution in [2.24, 2.45) is 9.98 Å². The molecule has 4 heterocycles. The number of hydrogen-bond acceptors (Lipinski definition) is 9. The summed E-state index contributed by atoms with van der Waals surface area (Å²) in [7, 11) is 0. The van der Waals surface area contributed by atoms with Crippen LogP contribution in [0, 0.1) is 0 Å². The summed E-state index contributed by atoms with van der Waals surface area (Å²) in [5, 5.41) is 10.7. The van der Waals surface area contributed by atoms with Crippen LogP contribution in [-0.4, -0.2) is 70.3 Å². The minimum absolute atomic E-state index is 0. The van der Waals surface area contributed by atoms with Crippen LogP contribution in [0.15, 0.2) is 39.5 Å². The summed E-state index contributed by atoms with van der Waals surface area (Å²) in [4.78, 5) is 16.8. The topological polar surface area (TPSA) is 89.2 Å². The van der Waals surface area contributed by atoms with E-state index >= 15 is 0 Å².